The largest absolute Gasteiger partial charge is 0.343 e. The Morgan fingerprint density at radius 1 is 1.19 bits per heavy atom. The second-order valence-electron chi connectivity index (χ2n) is 5.35. The summed E-state index contributed by atoms with van der Waals surface area (Å²) in [6.45, 7) is -0.129. The van der Waals surface area contributed by atoms with Crippen LogP contribution >= 0.6 is 11.3 Å². The highest BCUT2D eigenvalue weighted by Crippen LogP contribution is 2.28. The van der Waals surface area contributed by atoms with Gasteiger partial charge in [0.1, 0.15) is 6.54 Å². The van der Waals surface area contributed by atoms with Gasteiger partial charge in [-0.05, 0) is 37.3 Å². The molecule has 1 aliphatic carbocycles. The molecule has 0 radical (unpaired) electrons. The van der Waals surface area contributed by atoms with Gasteiger partial charge in [0, 0.05) is 4.88 Å². The number of hydrogen-bond acceptors (Lipinski definition) is 4. The number of rotatable bonds is 2. The summed E-state index contributed by atoms with van der Waals surface area (Å²) >= 11 is 1.50. The molecule has 112 valence electrons. The third-order valence-corrected chi connectivity index (χ3v) is 4.99. The summed E-state index contributed by atoms with van der Waals surface area (Å²) in [6.07, 6.45) is 6.85. The molecule has 1 fully saturated rings. The van der Waals surface area contributed by atoms with Crippen molar-refractivity contribution >= 4 is 29.2 Å². The zero-order valence-electron chi connectivity index (χ0n) is 11.6. The molecule has 2 N–H and O–H groups in total. The lowest BCUT2D eigenvalue weighted by Crippen LogP contribution is -2.43. The summed E-state index contributed by atoms with van der Waals surface area (Å²) in [6, 6.07) is 1.35. The van der Waals surface area contributed by atoms with Crippen LogP contribution in [0.15, 0.2) is 6.07 Å². The van der Waals surface area contributed by atoms with Gasteiger partial charge in [0.05, 0.1) is 4.88 Å². The van der Waals surface area contributed by atoms with Crippen LogP contribution in [0.25, 0.3) is 0 Å². The van der Waals surface area contributed by atoms with Gasteiger partial charge in [0.2, 0.25) is 5.91 Å². The Bertz CT molecular complexity index is 571. The second kappa shape index (κ2) is 5.85. The number of amides is 4. The van der Waals surface area contributed by atoms with E-state index < -0.39 is 11.9 Å². The standard InChI is InChI=1S/C14H17N3O3S/c18-12-8-17(14(20)15-12)16-13(19)11-7-9-5-3-1-2-4-6-10(9)21-11/h7H,1-6,8H2,(H,16,19)(H,15,18,20). The van der Waals surface area contributed by atoms with E-state index >= 15 is 0 Å². The first kappa shape index (κ1) is 14.1. The van der Waals surface area contributed by atoms with Gasteiger partial charge in [0.25, 0.3) is 5.91 Å². The molecule has 0 bridgehead atoms. The Kier molecular flexibility index (Phi) is 3.92. The van der Waals surface area contributed by atoms with Gasteiger partial charge in [-0.2, -0.15) is 0 Å². The molecule has 7 heteroatoms. The van der Waals surface area contributed by atoms with Crippen LogP contribution in [0.3, 0.4) is 0 Å². The van der Waals surface area contributed by atoms with Crippen molar-refractivity contribution < 1.29 is 14.4 Å². The first-order valence-corrected chi connectivity index (χ1v) is 7.99. The van der Waals surface area contributed by atoms with Gasteiger partial charge < -0.3 is 0 Å². The van der Waals surface area contributed by atoms with Crippen molar-refractivity contribution in [3.05, 3.63) is 21.4 Å². The molecular weight excluding hydrogens is 290 g/mol. The minimum Gasteiger partial charge on any atom is -0.275 e. The minimum absolute atomic E-state index is 0.129. The van der Waals surface area contributed by atoms with Crippen molar-refractivity contribution in [3.8, 4) is 0 Å². The average molecular weight is 307 g/mol. The lowest BCUT2D eigenvalue weighted by molar-refractivity contribution is -0.118. The molecule has 6 nitrogen and oxygen atoms in total. The van der Waals surface area contributed by atoms with Crippen LogP contribution in [0.2, 0.25) is 0 Å². The number of fused-ring (bicyclic) bond motifs is 1. The van der Waals surface area contributed by atoms with Gasteiger partial charge in [-0.3, -0.25) is 20.3 Å². The van der Waals surface area contributed by atoms with Crippen molar-refractivity contribution in [2.24, 2.45) is 0 Å². The number of nitrogens with zero attached hydrogens (tertiary/aromatic N) is 1. The number of nitrogens with one attached hydrogen (secondary N) is 2. The molecule has 1 aromatic heterocycles. The molecule has 1 aromatic rings. The maximum absolute atomic E-state index is 12.2. The van der Waals surface area contributed by atoms with E-state index in [2.05, 4.69) is 10.7 Å². The van der Waals surface area contributed by atoms with Crippen LogP contribution in [0, 0.1) is 0 Å². The van der Waals surface area contributed by atoms with E-state index in [0.29, 0.717) is 4.88 Å². The highest BCUT2D eigenvalue weighted by Gasteiger charge is 2.29. The van der Waals surface area contributed by atoms with Gasteiger partial charge in [0.15, 0.2) is 0 Å². The normalized spacial score (nSPS) is 18.8. The zero-order chi connectivity index (χ0) is 14.8. The number of urea groups is 1. The summed E-state index contributed by atoms with van der Waals surface area (Å²) in [7, 11) is 0. The van der Waals surface area contributed by atoms with Crippen LogP contribution in [-0.2, 0) is 17.6 Å². The van der Waals surface area contributed by atoms with Crippen molar-refractivity contribution in [1.29, 1.82) is 0 Å². The molecule has 0 atom stereocenters. The number of imide groups is 1. The van der Waals surface area contributed by atoms with Crippen molar-refractivity contribution in [2.75, 3.05) is 6.54 Å². The van der Waals surface area contributed by atoms with Crippen LogP contribution in [0.4, 0.5) is 4.79 Å². The molecule has 1 saturated heterocycles. The number of thiophene rings is 1. The Hall–Kier alpha value is -1.89. The van der Waals surface area contributed by atoms with E-state index in [-0.39, 0.29) is 12.5 Å². The van der Waals surface area contributed by atoms with Crippen molar-refractivity contribution in [3.63, 3.8) is 0 Å². The molecule has 0 saturated carbocycles. The Balaban J connectivity index is 1.71. The van der Waals surface area contributed by atoms with E-state index in [9.17, 15) is 14.4 Å². The van der Waals surface area contributed by atoms with Crippen molar-refractivity contribution in [1.82, 2.24) is 15.8 Å². The second-order valence-corrected chi connectivity index (χ2v) is 6.49. The number of aryl methyl sites for hydroxylation is 2. The van der Waals surface area contributed by atoms with E-state index in [1.54, 1.807) is 0 Å². The average Bonchev–Trinajstić information content (AvgIpc) is 2.93. The molecule has 3 rings (SSSR count). The summed E-state index contributed by atoms with van der Waals surface area (Å²) in [5.74, 6) is -0.727. The topological polar surface area (TPSA) is 78.5 Å². The molecule has 4 amide bonds. The van der Waals surface area contributed by atoms with Gasteiger partial charge in [-0.25, -0.2) is 9.80 Å². The smallest absolute Gasteiger partial charge is 0.275 e. The zero-order valence-corrected chi connectivity index (χ0v) is 12.4. The predicted molar refractivity (Wildman–Crippen MR) is 77.9 cm³/mol. The fraction of sp³-hybridized carbons (Fsp3) is 0.500. The summed E-state index contributed by atoms with van der Waals surface area (Å²) < 4.78 is 0. The molecule has 2 heterocycles. The summed E-state index contributed by atoms with van der Waals surface area (Å²) in [5.41, 5.74) is 3.74. The first-order valence-electron chi connectivity index (χ1n) is 7.17. The lowest BCUT2D eigenvalue weighted by Gasteiger charge is -2.13. The van der Waals surface area contributed by atoms with Crippen LogP contribution in [-0.4, -0.2) is 29.4 Å². The summed E-state index contributed by atoms with van der Waals surface area (Å²) in [5, 5.41) is 3.14. The Morgan fingerprint density at radius 3 is 2.67 bits per heavy atom. The van der Waals surface area contributed by atoms with Gasteiger partial charge >= 0.3 is 6.03 Å². The fourth-order valence-corrected chi connectivity index (χ4v) is 3.81. The quantitative estimate of drug-likeness (QED) is 0.815. The number of carbonyl (C=O) groups excluding carboxylic acids is 3. The van der Waals surface area contributed by atoms with E-state index in [1.165, 1.54) is 34.6 Å². The predicted octanol–water partition coefficient (Wildman–Crippen LogP) is 1.60. The fourth-order valence-electron chi connectivity index (χ4n) is 2.67. The number of hydrogen-bond donors (Lipinski definition) is 2. The van der Waals surface area contributed by atoms with Crippen LogP contribution in [0.1, 0.15) is 45.8 Å². The number of carbonyl (C=O) groups is 3. The monoisotopic (exact) mass is 307 g/mol. The SMILES string of the molecule is O=C1CN(NC(=O)c2cc3c(s2)CCCCCC3)C(=O)N1. The lowest BCUT2D eigenvalue weighted by atomic mass is 10.00. The number of hydrazine groups is 1. The highest BCUT2D eigenvalue weighted by atomic mass is 32.1. The Morgan fingerprint density at radius 2 is 1.95 bits per heavy atom. The first-order chi connectivity index (χ1) is 10.1. The molecule has 21 heavy (non-hydrogen) atoms. The third-order valence-electron chi connectivity index (χ3n) is 3.75. The van der Waals surface area contributed by atoms with Crippen LogP contribution in [0.5, 0.6) is 0 Å². The molecule has 0 unspecified atom stereocenters. The Labute approximate surface area is 126 Å². The summed E-state index contributed by atoms with van der Waals surface area (Å²) in [4.78, 5) is 36.6. The van der Waals surface area contributed by atoms with E-state index in [0.717, 1.165) is 30.7 Å². The van der Waals surface area contributed by atoms with Crippen molar-refractivity contribution in [2.45, 2.75) is 38.5 Å². The molecular formula is C14H17N3O3S. The molecule has 0 spiro atoms. The molecule has 2 aliphatic rings. The van der Waals surface area contributed by atoms with E-state index in [1.807, 2.05) is 6.07 Å². The van der Waals surface area contributed by atoms with Gasteiger partial charge in [-0.15, -0.1) is 11.3 Å². The van der Waals surface area contributed by atoms with Gasteiger partial charge in [-0.1, -0.05) is 12.8 Å². The maximum atomic E-state index is 12.2. The molecule has 1 aliphatic heterocycles. The minimum atomic E-state index is -0.580. The maximum Gasteiger partial charge on any atom is 0.343 e. The van der Waals surface area contributed by atoms with Crippen LogP contribution < -0.4 is 10.7 Å². The van der Waals surface area contributed by atoms with E-state index in [4.69, 9.17) is 0 Å². The molecule has 0 aromatic carbocycles. The third kappa shape index (κ3) is 3.07. The highest BCUT2D eigenvalue weighted by molar-refractivity contribution is 7.14.